The van der Waals surface area contributed by atoms with Gasteiger partial charge in [-0.15, -0.1) is 0 Å². The van der Waals surface area contributed by atoms with Crippen molar-refractivity contribution in [3.8, 4) is 0 Å². The number of Topliss-reactive ketones (excluding diaryl/α,β-unsaturated/α-hetero) is 1. The summed E-state index contributed by atoms with van der Waals surface area (Å²) >= 11 is 5.86. The Labute approximate surface area is 105 Å². The van der Waals surface area contributed by atoms with Crippen molar-refractivity contribution in [2.24, 2.45) is 0 Å². The Morgan fingerprint density at radius 3 is 2.65 bits per heavy atom. The van der Waals surface area contributed by atoms with E-state index in [0.717, 1.165) is 0 Å². The topological polar surface area (TPSA) is 37.4 Å². The van der Waals surface area contributed by atoms with Crippen molar-refractivity contribution in [1.82, 2.24) is 4.90 Å². The zero-order chi connectivity index (χ0) is 12.6. The molecule has 1 amide bonds. The average Bonchev–Trinajstić information content (AvgIpc) is 2.51. The van der Waals surface area contributed by atoms with Crippen LogP contribution in [0, 0.1) is 0 Å². The van der Waals surface area contributed by atoms with Gasteiger partial charge in [-0.25, -0.2) is 0 Å². The van der Waals surface area contributed by atoms with Gasteiger partial charge >= 0.3 is 0 Å². The number of carbonyl (C=O) groups is 2. The van der Waals surface area contributed by atoms with Crippen LogP contribution in [0.5, 0.6) is 0 Å². The van der Waals surface area contributed by atoms with Gasteiger partial charge in [0.2, 0.25) is 0 Å². The molecule has 0 radical (unpaired) electrons. The maximum absolute atomic E-state index is 12.3. The van der Waals surface area contributed by atoms with Crippen LogP contribution in [0.3, 0.4) is 0 Å². The summed E-state index contributed by atoms with van der Waals surface area (Å²) in [5.74, 6) is -0.0336. The number of likely N-dealkylation sites (tertiary alicyclic amines) is 1. The number of nitrogens with zero attached hydrogens (tertiary/aromatic N) is 1. The molecule has 1 aliphatic heterocycles. The highest BCUT2D eigenvalue weighted by Crippen LogP contribution is 2.28. The first-order valence-electron chi connectivity index (χ1n) is 5.49. The van der Waals surface area contributed by atoms with Gasteiger partial charge in [0, 0.05) is 22.5 Å². The first-order valence-corrected chi connectivity index (χ1v) is 5.87. The molecule has 0 unspecified atom stereocenters. The van der Waals surface area contributed by atoms with Gasteiger partial charge in [0.25, 0.3) is 5.91 Å². The molecule has 2 rings (SSSR count). The highest BCUT2D eigenvalue weighted by Gasteiger charge is 2.40. The molecule has 0 aromatic heterocycles. The van der Waals surface area contributed by atoms with Gasteiger partial charge in [0.05, 0.1) is 6.54 Å². The summed E-state index contributed by atoms with van der Waals surface area (Å²) in [6.45, 7) is 4.00. The van der Waals surface area contributed by atoms with Crippen LogP contribution in [0.2, 0.25) is 5.02 Å². The average molecular weight is 252 g/mol. The zero-order valence-electron chi connectivity index (χ0n) is 9.87. The van der Waals surface area contributed by atoms with E-state index in [-0.39, 0.29) is 18.2 Å². The third-order valence-electron chi connectivity index (χ3n) is 3.01. The second kappa shape index (κ2) is 4.15. The van der Waals surface area contributed by atoms with Crippen molar-refractivity contribution in [3.05, 3.63) is 34.9 Å². The molecule has 17 heavy (non-hydrogen) atoms. The lowest BCUT2D eigenvalue weighted by Gasteiger charge is -2.30. The molecule has 0 aliphatic carbocycles. The van der Waals surface area contributed by atoms with Crippen molar-refractivity contribution >= 4 is 23.3 Å². The molecule has 1 aromatic carbocycles. The van der Waals surface area contributed by atoms with E-state index >= 15 is 0 Å². The van der Waals surface area contributed by atoms with Crippen molar-refractivity contribution in [2.45, 2.75) is 25.8 Å². The largest absolute Gasteiger partial charge is 0.326 e. The minimum absolute atomic E-state index is 0.102. The second-order valence-electron chi connectivity index (χ2n) is 4.93. The van der Waals surface area contributed by atoms with E-state index in [9.17, 15) is 9.59 Å². The third kappa shape index (κ3) is 2.34. The first kappa shape index (κ1) is 12.1. The normalized spacial score (nSPS) is 18.5. The fourth-order valence-corrected chi connectivity index (χ4v) is 2.34. The number of halogens is 1. The number of ketones is 1. The van der Waals surface area contributed by atoms with E-state index in [1.54, 1.807) is 29.2 Å². The Bertz CT molecular complexity index is 482. The van der Waals surface area contributed by atoms with Crippen LogP contribution in [0.4, 0.5) is 0 Å². The lowest BCUT2D eigenvalue weighted by atomic mass is 10.0. The molecule has 1 fully saturated rings. The molecule has 0 atom stereocenters. The van der Waals surface area contributed by atoms with Gasteiger partial charge in [0.15, 0.2) is 5.78 Å². The van der Waals surface area contributed by atoms with E-state index in [0.29, 0.717) is 17.0 Å². The first-order chi connectivity index (χ1) is 7.90. The summed E-state index contributed by atoms with van der Waals surface area (Å²) in [5, 5.41) is 0.527. The van der Waals surface area contributed by atoms with Crippen molar-refractivity contribution < 1.29 is 9.59 Å². The van der Waals surface area contributed by atoms with E-state index in [2.05, 4.69) is 0 Å². The molecular weight excluding hydrogens is 238 g/mol. The van der Waals surface area contributed by atoms with Crippen LogP contribution in [0.1, 0.15) is 30.6 Å². The predicted octanol–water partition coefficient (Wildman–Crippen LogP) is 2.53. The van der Waals surface area contributed by atoms with Crippen LogP contribution in [-0.4, -0.2) is 28.7 Å². The molecule has 0 N–H and O–H groups in total. The molecule has 0 spiro atoms. The number of hydrogen-bond donors (Lipinski definition) is 0. The zero-order valence-corrected chi connectivity index (χ0v) is 10.6. The van der Waals surface area contributed by atoms with Crippen molar-refractivity contribution in [1.29, 1.82) is 0 Å². The fourth-order valence-electron chi connectivity index (χ4n) is 2.15. The molecule has 3 nitrogen and oxygen atoms in total. The Morgan fingerprint density at radius 2 is 2.12 bits per heavy atom. The Kier molecular flexibility index (Phi) is 2.96. The summed E-state index contributed by atoms with van der Waals surface area (Å²) in [6.07, 6.45) is 0.416. The molecular formula is C13H14ClNO2. The Morgan fingerprint density at radius 1 is 1.41 bits per heavy atom. The molecule has 1 aromatic rings. The highest BCUT2D eigenvalue weighted by molar-refractivity contribution is 6.31. The van der Waals surface area contributed by atoms with Gasteiger partial charge in [-0.3, -0.25) is 9.59 Å². The van der Waals surface area contributed by atoms with E-state index in [1.165, 1.54) is 0 Å². The van der Waals surface area contributed by atoms with Gasteiger partial charge in [-0.1, -0.05) is 17.7 Å². The monoisotopic (exact) mass is 251 g/mol. The Balaban J connectivity index is 2.29. The molecule has 1 saturated heterocycles. The summed E-state index contributed by atoms with van der Waals surface area (Å²) < 4.78 is 0. The summed E-state index contributed by atoms with van der Waals surface area (Å²) in [6, 6.07) is 6.80. The molecule has 1 heterocycles. The van der Waals surface area contributed by atoms with Crippen LogP contribution in [0.15, 0.2) is 24.3 Å². The number of benzene rings is 1. The van der Waals surface area contributed by atoms with E-state index < -0.39 is 5.54 Å². The van der Waals surface area contributed by atoms with Gasteiger partial charge in [-0.05, 0) is 32.0 Å². The molecule has 1 aliphatic rings. The maximum Gasteiger partial charge on any atom is 0.254 e. The second-order valence-corrected chi connectivity index (χ2v) is 5.37. The smallest absolute Gasteiger partial charge is 0.254 e. The lowest BCUT2D eigenvalue weighted by molar-refractivity contribution is -0.116. The highest BCUT2D eigenvalue weighted by atomic mass is 35.5. The van der Waals surface area contributed by atoms with Crippen LogP contribution in [0.25, 0.3) is 0 Å². The Hall–Kier alpha value is -1.35. The van der Waals surface area contributed by atoms with E-state index in [1.807, 2.05) is 13.8 Å². The number of hydrogen-bond acceptors (Lipinski definition) is 2. The molecule has 0 bridgehead atoms. The number of carbonyl (C=O) groups excluding carboxylic acids is 2. The van der Waals surface area contributed by atoms with Crippen molar-refractivity contribution in [2.75, 3.05) is 6.54 Å². The fraction of sp³-hybridized carbons (Fsp3) is 0.385. The van der Waals surface area contributed by atoms with Crippen molar-refractivity contribution in [3.63, 3.8) is 0 Å². The molecule has 4 heteroatoms. The van der Waals surface area contributed by atoms with E-state index in [4.69, 9.17) is 11.6 Å². The molecule has 90 valence electrons. The summed E-state index contributed by atoms with van der Waals surface area (Å²) in [4.78, 5) is 25.3. The maximum atomic E-state index is 12.3. The lowest BCUT2D eigenvalue weighted by Crippen LogP contribution is -2.42. The summed E-state index contributed by atoms with van der Waals surface area (Å²) in [7, 11) is 0. The van der Waals surface area contributed by atoms with Crippen LogP contribution >= 0.6 is 11.6 Å². The quantitative estimate of drug-likeness (QED) is 0.769. The van der Waals surface area contributed by atoms with Gasteiger partial charge < -0.3 is 4.90 Å². The standard InChI is InChI=1S/C13H14ClNO2/c1-13(2)7-11(16)8-15(13)12(17)9-4-3-5-10(14)6-9/h3-6H,7-8H2,1-2H3. The minimum Gasteiger partial charge on any atom is -0.326 e. The third-order valence-corrected chi connectivity index (χ3v) is 3.25. The predicted molar refractivity (Wildman–Crippen MR) is 66.2 cm³/mol. The number of rotatable bonds is 1. The minimum atomic E-state index is -0.406. The van der Waals surface area contributed by atoms with Gasteiger partial charge in [0.1, 0.15) is 0 Å². The van der Waals surface area contributed by atoms with Crippen LogP contribution < -0.4 is 0 Å². The summed E-state index contributed by atoms with van der Waals surface area (Å²) in [5.41, 5.74) is 0.122. The SMILES string of the molecule is CC1(C)CC(=O)CN1C(=O)c1cccc(Cl)c1. The molecule has 0 saturated carbocycles. The van der Waals surface area contributed by atoms with Crippen LogP contribution in [-0.2, 0) is 4.79 Å². The number of amides is 1. The van der Waals surface area contributed by atoms with Gasteiger partial charge in [-0.2, -0.15) is 0 Å².